The van der Waals surface area contributed by atoms with E-state index in [1.807, 2.05) is 0 Å². The number of amides is 3. The molecule has 1 heterocycles. The van der Waals surface area contributed by atoms with Crippen LogP contribution in [0.25, 0.3) is 0 Å². The van der Waals surface area contributed by atoms with E-state index in [-0.39, 0.29) is 0 Å². The van der Waals surface area contributed by atoms with Crippen LogP contribution in [-0.2, 0) is 14.3 Å². The first-order valence-electron chi connectivity index (χ1n) is 6.60. The fourth-order valence-electron chi connectivity index (χ4n) is 2.04. The molecule has 1 aliphatic heterocycles. The van der Waals surface area contributed by atoms with Crippen LogP contribution >= 0.6 is 0 Å². The zero-order valence-electron chi connectivity index (χ0n) is 11.6. The number of imide groups is 1. The number of nitrogens with one attached hydrogen (secondary N) is 2. The minimum Gasteiger partial charge on any atom is -0.480 e. The minimum absolute atomic E-state index is 0.402. The van der Waals surface area contributed by atoms with Gasteiger partial charge in [-0.25, -0.2) is 9.59 Å². The van der Waals surface area contributed by atoms with E-state index in [0.29, 0.717) is 12.5 Å². The number of carboxylic acids is 1. The number of aliphatic carboxylic acids is 1. The van der Waals surface area contributed by atoms with Crippen molar-refractivity contribution in [2.24, 2.45) is 5.92 Å². The van der Waals surface area contributed by atoms with Gasteiger partial charge in [-0.3, -0.25) is 10.1 Å². The standard InChI is InChI=1S/C12H21N3O5/c1-2-15-4-3-9(6-15)5-13-12(19)14-10(16)7-20-8-11(17)18/h9H,2-8H2,1H3,(H,17,18)(H2,13,14,16,19). The lowest BCUT2D eigenvalue weighted by Crippen LogP contribution is -2.43. The van der Waals surface area contributed by atoms with Gasteiger partial charge in [0.25, 0.3) is 5.91 Å². The Morgan fingerprint density at radius 3 is 2.70 bits per heavy atom. The highest BCUT2D eigenvalue weighted by Crippen LogP contribution is 2.14. The van der Waals surface area contributed by atoms with Crippen LogP contribution in [-0.4, -0.2) is 67.3 Å². The van der Waals surface area contributed by atoms with Crippen molar-refractivity contribution in [2.75, 3.05) is 39.4 Å². The Balaban J connectivity index is 2.11. The molecule has 8 heteroatoms. The summed E-state index contributed by atoms with van der Waals surface area (Å²) < 4.78 is 4.57. The third kappa shape index (κ3) is 6.48. The summed E-state index contributed by atoms with van der Waals surface area (Å²) >= 11 is 0. The van der Waals surface area contributed by atoms with Gasteiger partial charge in [0.05, 0.1) is 0 Å². The Morgan fingerprint density at radius 2 is 2.10 bits per heavy atom. The van der Waals surface area contributed by atoms with E-state index in [2.05, 4.69) is 27.2 Å². The molecule has 0 spiro atoms. The highest BCUT2D eigenvalue weighted by molar-refractivity contribution is 5.94. The number of likely N-dealkylation sites (tertiary alicyclic amines) is 1. The van der Waals surface area contributed by atoms with Crippen LogP contribution in [0.4, 0.5) is 4.79 Å². The van der Waals surface area contributed by atoms with E-state index < -0.39 is 31.1 Å². The van der Waals surface area contributed by atoms with E-state index in [1.54, 1.807) is 0 Å². The number of nitrogens with zero attached hydrogens (tertiary/aromatic N) is 1. The maximum atomic E-state index is 11.4. The third-order valence-corrected chi connectivity index (χ3v) is 3.08. The fraction of sp³-hybridized carbons (Fsp3) is 0.750. The van der Waals surface area contributed by atoms with Gasteiger partial charge in [-0.05, 0) is 25.4 Å². The molecule has 0 radical (unpaired) electrons. The van der Waals surface area contributed by atoms with Crippen LogP contribution in [0, 0.1) is 5.92 Å². The van der Waals surface area contributed by atoms with Crippen molar-refractivity contribution in [3.05, 3.63) is 0 Å². The molecule has 0 aromatic carbocycles. The number of carbonyl (C=O) groups is 3. The Hall–Kier alpha value is -1.67. The number of hydrogen-bond acceptors (Lipinski definition) is 5. The quantitative estimate of drug-likeness (QED) is 0.569. The molecule has 8 nitrogen and oxygen atoms in total. The molecule has 1 unspecified atom stereocenters. The molecule has 0 aromatic rings. The van der Waals surface area contributed by atoms with Gasteiger partial charge in [0, 0.05) is 13.1 Å². The summed E-state index contributed by atoms with van der Waals surface area (Å²) in [5.41, 5.74) is 0. The lowest BCUT2D eigenvalue weighted by molar-refractivity contribution is -0.143. The van der Waals surface area contributed by atoms with Crippen LogP contribution in [0.2, 0.25) is 0 Å². The summed E-state index contributed by atoms with van der Waals surface area (Å²) in [5.74, 6) is -1.42. The Morgan fingerprint density at radius 1 is 1.35 bits per heavy atom. The van der Waals surface area contributed by atoms with Gasteiger partial charge in [-0.2, -0.15) is 0 Å². The second-order valence-electron chi connectivity index (χ2n) is 4.69. The minimum atomic E-state index is -1.16. The van der Waals surface area contributed by atoms with Crippen molar-refractivity contribution in [3.63, 3.8) is 0 Å². The number of hydrogen-bond donors (Lipinski definition) is 3. The molecular weight excluding hydrogens is 266 g/mol. The van der Waals surface area contributed by atoms with Gasteiger partial charge >= 0.3 is 12.0 Å². The summed E-state index contributed by atoms with van der Waals surface area (Å²) in [6, 6.07) is -0.580. The molecule has 3 N–H and O–H groups in total. The summed E-state index contributed by atoms with van der Waals surface area (Å²) in [6.07, 6.45) is 1.03. The van der Waals surface area contributed by atoms with Gasteiger partial charge in [-0.15, -0.1) is 0 Å². The van der Waals surface area contributed by atoms with E-state index in [9.17, 15) is 14.4 Å². The molecule has 3 amide bonds. The Labute approximate surface area is 117 Å². The Kier molecular flexibility index (Phi) is 6.96. The van der Waals surface area contributed by atoms with E-state index in [0.717, 1.165) is 26.1 Å². The Bertz CT molecular complexity index is 361. The molecule has 0 aliphatic carbocycles. The molecule has 1 fully saturated rings. The molecule has 0 saturated carbocycles. The van der Waals surface area contributed by atoms with E-state index >= 15 is 0 Å². The van der Waals surface area contributed by atoms with Gasteiger partial charge in [0.1, 0.15) is 13.2 Å². The van der Waals surface area contributed by atoms with Crippen LogP contribution in [0.15, 0.2) is 0 Å². The van der Waals surface area contributed by atoms with Gasteiger partial charge in [0.15, 0.2) is 0 Å². The molecule has 114 valence electrons. The predicted octanol–water partition coefficient (Wildman–Crippen LogP) is -0.745. The summed E-state index contributed by atoms with van der Waals surface area (Å²) in [4.78, 5) is 35.1. The lowest BCUT2D eigenvalue weighted by Gasteiger charge is -2.13. The highest BCUT2D eigenvalue weighted by atomic mass is 16.5. The van der Waals surface area contributed by atoms with Crippen molar-refractivity contribution in [2.45, 2.75) is 13.3 Å². The number of urea groups is 1. The second kappa shape index (κ2) is 8.49. The average molecular weight is 287 g/mol. The fourth-order valence-corrected chi connectivity index (χ4v) is 2.04. The topological polar surface area (TPSA) is 108 Å². The molecule has 1 aliphatic rings. The second-order valence-corrected chi connectivity index (χ2v) is 4.69. The van der Waals surface area contributed by atoms with Crippen molar-refractivity contribution >= 4 is 17.9 Å². The maximum Gasteiger partial charge on any atom is 0.329 e. The maximum absolute atomic E-state index is 11.4. The van der Waals surface area contributed by atoms with Crippen LogP contribution in [0.3, 0.4) is 0 Å². The third-order valence-electron chi connectivity index (χ3n) is 3.08. The molecule has 0 bridgehead atoms. The van der Waals surface area contributed by atoms with Gasteiger partial charge in [-0.1, -0.05) is 6.92 Å². The van der Waals surface area contributed by atoms with Gasteiger partial charge < -0.3 is 20.1 Å². The summed E-state index contributed by atoms with van der Waals surface area (Å²) in [5, 5.41) is 13.0. The SMILES string of the molecule is CCN1CCC(CNC(=O)NC(=O)COCC(=O)O)C1. The van der Waals surface area contributed by atoms with Crippen molar-refractivity contribution in [1.82, 2.24) is 15.5 Å². The summed E-state index contributed by atoms with van der Waals surface area (Å²) in [6.45, 7) is 4.58. The zero-order valence-corrected chi connectivity index (χ0v) is 11.6. The number of carboxylic acid groups (broad SMARTS) is 1. The molecule has 0 aromatic heterocycles. The van der Waals surface area contributed by atoms with Crippen LogP contribution in [0.1, 0.15) is 13.3 Å². The molecule has 20 heavy (non-hydrogen) atoms. The van der Waals surface area contributed by atoms with Gasteiger partial charge in [0.2, 0.25) is 0 Å². The molecule has 1 rings (SSSR count). The first-order chi connectivity index (χ1) is 9.51. The van der Waals surface area contributed by atoms with Crippen LogP contribution in [0.5, 0.6) is 0 Å². The van der Waals surface area contributed by atoms with Crippen LogP contribution < -0.4 is 10.6 Å². The molecule has 1 saturated heterocycles. The highest BCUT2D eigenvalue weighted by Gasteiger charge is 2.21. The average Bonchev–Trinajstić information content (AvgIpc) is 2.83. The first-order valence-corrected chi connectivity index (χ1v) is 6.60. The van der Waals surface area contributed by atoms with Crippen molar-refractivity contribution in [3.8, 4) is 0 Å². The number of ether oxygens (including phenoxy) is 1. The predicted molar refractivity (Wildman–Crippen MR) is 70.2 cm³/mol. The smallest absolute Gasteiger partial charge is 0.329 e. The normalized spacial score (nSPS) is 18.8. The van der Waals surface area contributed by atoms with Crippen molar-refractivity contribution < 1.29 is 24.2 Å². The lowest BCUT2D eigenvalue weighted by atomic mass is 10.1. The first kappa shape index (κ1) is 16.4. The van der Waals surface area contributed by atoms with Crippen molar-refractivity contribution in [1.29, 1.82) is 0 Å². The monoisotopic (exact) mass is 287 g/mol. The number of rotatable bonds is 7. The number of carbonyl (C=O) groups excluding carboxylic acids is 2. The van der Waals surface area contributed by atoms with E-state index in [1.165, 1.54) is 0 Å². The van der Waals surface area contributed by atoms with E-state index in [4.69, 9.17) is 5.11 Å². The summed E-state index contributed by atoms with van der Waals surface area (Å²) in [7, 11) is 0. The largest absolute Gasteiger partial charge is 0.480 e. The molecular formula is C12H21N3O5. The molecule has 1 atom stereocenters. The zero-order chi connectivity index (χ0) is 15.0.